The number of benzene rings is 1. The van der Waals surface area contributed by atoms with Gasteiger partial charge in [-0.2, -0.15) is 0 Å². The van der Waals surface area contributed by atoms with Crippen molar-refractivity contribution in [3.05, 3.63) is 65.0 Å². The molecule has 0 saturated heterocycles. The largest absolute Gasteiger partial charge is 0.309 e. The van der Waals surface area contributed by atoms with E-state index in [-0.39, 0.29) is 0 Å². The van der Waals surface area contributed by atoms with E-state index in [1.54, 1.807) is 11.1 Å². The van der Waals surface area contributed by atoms with E-state index in [1.165, 1.54) is 37.7 Å². The van der Waals surface area contributed by atoms with Crippen LogP contribution < -0.4 is 0 Å². The first kappa shape index (κ1) is 17.2. The zero-order valence-corrected chi connectivity index (χ0v) is 15.3. The molecule has 1 heterocycles. The van der Waals surface area contributed by atoms with E-state index < -0.39 is 0 Å². The zero-order chi connectivity index (χ0) is 16.9. The molecular formula is C22H30N2. The molecule has 0 saturated carbocycles. The van der Waals surface area contributed by atoms with Gasteiger partial charge in [-0.15, -0.1) is 0 Å². The van der Waals surface area contributed by atoms with Crippen LogP contribution >= 0.6 is 0 Å². The molecule has 0 radical (unpaired) electrons. The fourth-order valence-corrected chi connectivity index (χ4v) is 4.14. The Morgan fingerprint density at radius 3 is 2.71 bits per heavy atom. The standard InChI is InChI=1S/C22H30N2/c1-17-13-14-19(16-23-17)21-11-6-9-18-8-4-5-10-20(18)22(21)12-7-15-24(2)3/h4-5,8,10,13-14,16,21-22H,6-7,9,11-12,15H2,1-3H3/t21-,22+/m1/s1. The number of nitrogens with zero attached hydrogens (tertiary/aromatic N) is 2. The molecule has 0 fully saturated rings. The highest BCUT2D eigenvalue weighted by Gasteiger charge is 2.28. The second kappa shape index (κ2) is 7.94. The van der Waals surface area contributed by atoms with E-state index in [0.717, 1.165) is 12.2 Å². The first-order valence-corrected chi connectivity index (χ1v) is 9.30. The number of aryl methyl sites for hydroxylation is 2. The summed E-state index contributed by atoms with van der Waals surface area (Å²) in [6.45, 7) is 3.23. The fraction of sp³-hybridized carbons (Fsp3) is 0.500. The second-order valence-electron chi connectivity index (χ2n) is 7.48. The van der Waals surface area contributed by atoms with Crippen LogP contribution in [-0.2, 0) is 6.42 Å². The smallest absolute Gasteiger partial charge is 0.0372 e. The minimum Gasteiger partial charge on any atom is -0.309 e. The van der Waals surface area contributed by atoms with Crippen molar-refractivity contribution in [2.75, 3.05) is 20.6 Å². The summed E-state index contributed by atoms with van der Waals surface area (Å²) in [4.78, 5) is 6.87. The van der Waals surface area contributed by atoms with E-state index in [1.807, 2.05) is 0 Å². The Hall–Kier alpha value is -1.67. The van der Waals surface area contributed by atoms with Crippen LogP contribution in [0.25, 0.3) is 0 Å². The highest BCUT2D eigenvalue weighted by Crippen LogP contribution is 2.43. The van der Waals surface area contributed by atoms with Gasteiger partial charge in [0, 0.05) is 11.9 Å². The van der Waals surface area contributed by atoms with E-state index in [4.69, 9.17) is 0 Å². The first-order valence-electron chi connectivity index (χ1n) is 9.30. The molecule has 1 aliphatic rings. The second-order valence-corrected chi connectivity index (χ2v) is 7.48. The van der Waals surface area contributed by atoms with Crippen LogP contribution in [0.3, 0.4) is 0 Å². The summed E-state index contributed by atoms with van der Waals surface area (Å²) in [5.74, 6) is 1.22. The van der Waals surface area contributed by atoms with Gasteiger partial charge in [0.25, 0.3) is 0 Å². The van der Waals surface area contributed by atoms with E-state index in [2.05, 4.69) is 73.5 Å². The molecule has 0 unspecified atom stereocenters. The first-order chi connectivity index (χ1) is 11.6. The summed E-state index contributed by atoms with van der Waals surface area (Å²) in [5, 5.41) is 0. The third kappa shape index (κ3) is 4.05. The number of pyridine rings is 1. The molecule has 24 heavy (non-hydrogen) atoms. The summed E-state index contributed by atoms with van der Waals surface area (Å²) < 4.78 is 0. The average Bonchev–Trinajstić information content (AvgIpc) is 2.75. The van der Waals surface area contributed by atoms with Crippen LogP contribution in [0, 0.1) is 6.92 Å². The summed E-state index contributed by atoms with van der Waals surface area (Å²) in [7, 11) is 4.34. The van der Waals surface area contributed by atoms with Gasteiger partial charge in [0.1, 0.15) is 0 Å². The van der Waals surface area contributed by atoms with Gasteiger partial charge in [0.15, 0.2) is 0 Å². The van der Waals surface area contributed by atoms with Crippen molar-refractivity contribution >= 4 is 0 Å². The van der Waals surface area contributed by atoms with E-state index in [9.17, 15) is 0 Å². The molecule has 0 aliphatic heterocycles. The number of hydrogen-bond acceptors (Lipinski definition) is 2. The van der Waals surface area contributed by atoms with Crippen LogP contribution in [-0.4, -0.2) is 30.5 Å². The monoisotopic (exact) mass is 322 g/mol. The normalized spacial score (nSPS) is 20.7. The van der Waals surface area contributed by atoms with Crippen molar-refractivity contribution in [2.45, 2.75) is 50.9 Å². The topological polar surface area (TPSA) is 16.1 Å². The van der Waals surface area contributed by atoms with Gasteiger partial charge < -0.3 is 4.90 Å². The Bertz CT molecular complexity index is 645. The lowest BCUT2D eigenvalue weighted by molar-refractivity contribution is 0.371. The average molecular weight is 322 g/mol. The molecule has 2 atom stereocenters. The van der Waals surface area contributed by atoms with Crippen LogP contribution in [0.15, 0.2) is 42.6 Å². The molecule has 1 aromatic carbocycles. The molecule has 3 rings (SSSR count). The van der Waals surface area contributed by atoms with Crippen LogP contribution in [0.4, 0.5) is 0 Å². The Morgan fingerprint density at radius 1 is 1.12 bits per heavy atom. The van der Waals surface area contributed by atoms with Crippen LogP contribution in [0.5, 0.6) is 0 Å². The summed E-state index contributed by atoms with van der Waals surface area (Å²) >= 11 is 0. The SMILES string of the molecule is Cc1ccc([C@H]2CCCc3ccccc3[C@@H]2CCCN(C)C)cn1. The van der Waals surface area contributed by atoms with Gasteiger partial charge in [0.2, 0.25) is 0 Å². The molecule has 0 spiro atoms. The van der Waals surface area contributed by atoms with Gasteiger partial charge in [-0.05, 0) is 94.3 Å². The predicted molar refractivity (Wildman–Crippen MR) is 102 cm³/mol. The number of aromatic nitrogens is 1. The molecule has 2 heteroatoms. The van der Waals surface area contributed by atoms with Crippen molar-refractivity contribution in [3.63, 3.8) is 0 Å². The summed E-state index contributed by atoms with van der Waals surface area (Å²) in [5.41, 5.74) is 5.68. The lowest BCUT2D eigenvalue weighted by Crippen LogP contribution is -2.17. The molecule has 128 valence electrons. The third-order valence-electron chi connectivity index (χ3n) is 5.38. The van der Waals surface area contributed by atoms with Crippen molar-refractivity contribution in [3.8, 4) is 0 Å². The van der Waals surface area contributed by atoms with Crippen molar-refractivity contribution in [2.24, 2.45) is 0 Å². The lowest BCUT2D eigenvalue weighted by atomic mass is 9.77. The molecule has 0 amide bonds. The molecular weight excluding hydrogens is 292 g/mol. The molecule has 2 nitrogen and oxygen atoms in total. The number of hydrogen-bond donors (Lipinski definition) is 0. The van der Waals surface area contributed by atoms with E-state index in [0.29, 0.717) is 11.8 Å². The Labute approximate surface area is 146 Å². The summed E-state index contributed by atoms with van der Waals surface area (Å²) in [6, 6.07) is 13.6. The molecule has 2 aromatic rings. The van der Waals surface area contributed by atoms with Gasteiger partial charge >= 0.3 is 0 Å². The van der Waals surface area contributed by atoms with E-state index >= 15 is 0 Å². The maximum absolute atomic E-state index is 4.58. The molecule has 0 N–H and O–H groups in total. The van der Waals surface area contributed by atoms with Crippen LogP contribution in [0.1, 0.15) is 59.9 Å². The van der Waals surface area contributed by atoms with Gasteiger partial charge in [-0.1, -0.05) is 30.3 Å². The summed E-state index contributed by atoms with van der Waals surface area (Å²) in [6.07, 6.45) is 8.39. The number of rotatable bonds is 5. The minimum absolute atomic E-state index is 0.601. The maximum atomic E-state index is 4.58. The van der Waals surface area contributed by atoms with Gasteiger partial charge in [0.05, 0.1) is 0 Å². The van der Waals surface area contributed by atoms with Crippen molar-refractivity contribution < 1.29 is 0 Å². The minimum atomic E-state index is 0.601. The lowest BCUT2D eigenvalue weighted by Gasteiger charge is -2.28. The number of fused-ring (bicyclic) bond motifs is 1. The maximum Gasteiger partial charge on any atom is 0.0372 e. The highest BCUT2D eigenvalue weighted by molar-refractivity contribution is 5.36. The van der Waals surface area contributed by atoms with Crippen molar-refractivity contribution in [1.82, 2.24) is 9.88 Å². The Kier molecular flexibility index (Phi) is 5.68. The van der Waals surface area contributed by atoms with Gasteiger partial charge in [-0.3, -0.25) is 4.98 Å². The Balaban J connectivity index is 1.91. The third-order valence-corrected chi connectivity index (χ3v) is 5.38. The molecule has 1 aromatic heterocycles. The predicted octanol–water partition coefficient (Wildman–Crippen LogP) is 4.94. The highest BCUT2D eigenvalue weighted by atomic mass is 15.0. The van der Waals surface area contributed by atoms with Crippen LogP contribution in [0.2, 0.25) is 0 Å². The fourth-order valence-electron chi connectivity index (χ4n) is 4.14. The van der Waals surface area contributed by atoms with Gasteiger partial charge in [-0.25, -0.2) is 0 Å². The quantitative estimate of drug-likeness (QED) is 0.725. The Morgan fingerprint density at radius 2 is 1.96 bits per heavy atom. The van der Waals surface area contributed by atoms with Crippen molar-refractivity contribution in [1.29, 1.82) is 0 Å². The molecule has 1 aliphatic carbocycles. The zero-order valence-electron chi connectivity index (χ0n) is 15.3. The molecule has 0 bridgehead atoms.